The van der Waals surface area contributed by atoms with Crippen molar-refractivity contribution in [2.75, 3.05) is 25.0 Å². The minimum Gasteiger partial charge on any atom is -0.308 e. The molecule has 0 aliphatic heterocycles. The zero-order chi connectivity index (χ0) is 20.8. The van der Waals surface area contributed by atoms with Crippen molar-refractivity contribution in [2.45, 2.75) is 20.4 Å². The van der Waals surface area contributed by atoms with Crippen LogP contribution in [0.4, 0.5) is 5.69 Å². The molecule has 1 amide bonds. The number of para-hydroxylation sites is 2. The van der Waals surface area contributed by atoms with E-state index in [0.717, 1.165) is 28.3 Å². The molecule has 0 aliphatic rings. The van der Waals surface area contributed by atoms with Gasteiger partial charge in [0.2, 0.25) is 5.91 Å². The summed E-state index contributed by atoms with van der Waals surface area (Å²) in [5.74, 6) is 0.0457. The molecule has 0 bridgehead atoms. The molecule has 0 saturated carbocycles. The van der Waals surface area contributed by atoms with Crippen LogP contribution in [0.15, 0.2) is 73.3 Å². The highest BCUT2D eigenvalue weighted by molar-refractivity contribution is 5.95. The van der Waals surface area contributed by atoms with Gasteiger partial charge in [-0.2, -0.15) is 5.10 Å². The minimum absolute atomic E-state index is 0.0457. The zero-order valence-electron chi connectivity index (χ0n) is 17.4. The second-order valence-corrected chi connectivity index (χ2v) is 7.20. The highest BCUT2D eigenvalue weighted by Crippen LogP contribution is 2.20. The van der Waals surface area contributed by atoms with Crippen LogP contribution >= 0.6 is 0 Å². The number of aromatic nitrogens is 2. The first kappa shape index (κ1) is 20.6. The van der Waals surface area contributed by atoms with E-state index in [4.69, 9.17) is 5.10 Å². The molecule has 5 nitrogen and oxygen atoms in total. The van der Waals surface area contributed by atoms with Crippen LogP contribution in [-0.4, -0.2) is 40.7 Å². The standard InChI is InChI=1S/C24H28N4O/c1-5-16-27(21-12-8-6-9-13-21)24(29)18-26(4)17-23-19(2)25-28(20(23)3)22-14-10-7-11-15-22/h5-15H,1,16-18H2,2-4H3. The molecule has 2 aromatic carbocycles. The molecule has 0 unspecified atom stereocenters. The van der Waals surface area contributed by atoms with Crippen molar-refractivity contribution in [3.63, 3.8) is 0 Å². The molecule has 0 saturated heterocycles. The molecule has 0 fully saturated rings. The largest absolute Gasteiger partial charge is 0.308 e. The van der Waals surface area contributed by atoms with Crippen molar-refractivity contribution < 1.29 is 4.79 Å². The summed E-state index contributed by atoms with van der Waals surface area (Å²) in [6.45, 7) is 9.35. The second kappa shape index (κ2) is 9.34. The molecule has 0 radical (unpaired) electrons. The number of carbonyl (C=O) groups is 1. The summed E-state index contributed by atoms with van der Waals surface area (Å²) in [6.07, 6.45) is 1.75. The van der Waals surface area contributed by atoms with Gasteiger partial charge in [0.15, 0.2) is 0 Å². The summed E-state index contributed by atoms with van der Waals surface area (Å²) in [5, 5.41) is 4.71. The van der Waals surface area contributed by atoms with Gasteiger partial charge in [-0.1, -0.05) is 42.5 Å². The number of anilines is 1. The van der Waals surface area contributed by atoms with Crippen LogP contribution in [0.3, 0.4) is 0 Å². The Hall–Kier alpha value is -3.18. The van der Waals surface area contributed by atoms with Crippen molar-refractivity contribution >= 4 is 11.6 Å². The van der Waals surface area contributed by atoms with E-state index in [1.54, 1.807) is 11.0 Å². The van der Waals surface area contributed by atoms with Gasteiger partial charge < -0.3 is 4.90 Å². The highest BCUT2D eigenvalue weighted by atomic mass is 16.2. The normalized spacial score (nSPS) is 10.9. The molecule has 29 heavy (non-hydrogen) atoms. The first-order chi connectivity index (χ1) is 14.0. The topological polar surface area (TPSA) is 41.4 Å². The van der Waals surface area contributed by atoms with Crippen molar-refractivity contribution in [3.05, 3.63) is 90.3 Å². The Labute approximate surface area is 172 Å². The van der Waals surface area contributed by atoms with Gasteiger partial charge in [-0.15, -0.1) is 6.58 Å². The van der Waals surface area contributed by atoms with Gasteiger partial charge in [0.25, 0.3) is 0 Å². The quantitative estimate of drug-likeness (QED) is 0.545. The van der Waals surface area contributed by atoms with Crippen molar-refractivity contribution in [1.29, 1.82) is 0 Å². The van der Waals surface area contributed by atoms with Gasteiger partial charge in [-0.25, -0.2) is 4.68 Å². The molecule has 1 heterocycles. The summed E-state index contributed by atoms with van der Waals surface area (Å²) in [4.78, 5) is 16.7. The number of benzene rings is 2. The van der Waals surface area contributed by atoms with Crippen LogP contribution in [0.2, 0.25) is 0 Å². The highest BCUT2D eigenvalue weighted by Gasteiger charge is 2.19. The smallest absolute Gasteiger partial charge is 0.241 e. The van der Waals surface area contributed by atoms with Gasteiger partial charge in [0, 0.05) is 30.0 Å². The van der Waals surface area contributed by atoms with Crippen LogP contribution in [0.25, 0.3) is 5.69 Å². The Morgan fingerprint density at radius 2 is 1.69 bits per heavy atom. The number of amides is 1. The Morgan fingerprint density at radius 3 is 2.31 bits per heavy atom. The van der Waals surface area contributed by atoms with E-state index >= 15 is 0 Å². The lowest BCUT2D eigenvalue weighted by Gasteiger charge is -2.24. The number of hydrogen-bond donors (Lipinski definition) is 0. The molecular formula is C24H28N4O. The van der Waals surface area contributed by atoms with Crippen LogP contribution in [0.5, 0.6) is 0 Å². The van der Waals surface area contributed by atoms with E-state index in [0.29, 0.717) is 19.6 Å². The average Bonchev–Trinajstić information content (AvgIpc) is 3.01. The SMILES string of the molecule is C=CCN(C(=O)CN(C)Cc1c(C)nn(-c2ccccc2)c1C)c1ccccc1. The van der Waals surface area contributed by atoms with E-state index in [1.807, 2.05) is 84.2 Å². The van der Waals surface area contributed by atoms with E-state index in [9.17, 15) is 4.79 Å². The van der Waals surface area contributed by atoms with E-state index in [2.05, 4.69) is 13.5 Å². The van der Waals surface area contributed by atoms with E-state index < -0.39 is 0 Å². The number of carbonyl (C=O) groups excluding carboxylic acids is 1. The van der Waals surface area contributed by atoms with Crippen molar-refractivity contribution in [1.82, 2.24) is 14.7 Å². The maximum atomic E-state index is 12.9. The Bertz CT molecular complexity index is 963. The van der Waals surface area contributed by atoms with Crippen LogP contribution in [0.1, 0.15) is 17.0 Å². The third-order valence-electron chi connectivity index (χ3n) is 4.96. The van der Waals surface area contributed by atoms with Crippen LogP contribution in [0, 0.1) is 13.8 Å². The first-order valence-electron chi connectivity index (χ1n) is 9.76. The van der Waals surface area contributed by atoms with Gasteiger partial charge in [-0.3, -0.25) is 9.69 Å². The van der Waals surface area contributed by atoms with Gasteiger partial charge in [0.1, 0.15) is 0 Å². The minimum atomic E-state index is 0.0457. The lowest BCUT2D eigenvalue weighted by atomic mass is 10.2. The number of rotatable bonds is 8. The maximum Gasteiger partial charge on any atom is 0.241 e. The van der Waals surface area contributed by atoms with Gasteiger partial charge in [0.05, 0.1) is 17.9 Å². The summed E-state index contributed by atoms with van der Waals surface area (Å²) in [5.41, 5.74) is 5.16. The second-order valence-electron chi connectivity index (χ2n) is 7.20. The molecule has 3 aromatic rings. The maximum absolute atomic E-state index is 12.9. The molecule has 0 atom stereocenters. The number of likely N-dealkylation sites (N-methyl/N-ethyl adjacent to an activating group) is 1. The molecule has 3 rings (SSSR count). The summed E-state index contributed by atoms with van der Waals surface area (Å²) < 4.78 is 1.97. The molecule has 150 valence electrons. The molecule has 1 aromatic heterocycles. The molecule has 0 N–H and O–H groups in total. The lowest BCUT2D eigenvalue weighted by Crippen LogP contribution is -2.39. The zero-order valence-corrected chi connectivity index (χ0v) is 17.4. The summed E-state index contributed by atoms with van der Waals surface area (Å²) in [7, 11) is 1.97. The van der Waals surface area contributed by atoms with Crippen LogP contribution < -0.4 is 4.90 Å². The Kier molecular flexibility index (Phi) is 6.62. The molecule has 5 heteroatoms. The molecule has 0 aliphatic carbocycles. The van der Waals surface area contributed by atoms with Crippen LogP contribution in [-0.2, 0) is 11.3 Å². The van der Waals surface area contributed by atoms with E-state index in [-0.39, 0.29) is 5.91 Å². The fourth-order valence-electron chi connectivity index (χ4n) is 3.45. The fraction of sp³-hybridized carbons (Fsp3) is 0.250. The number of nitrogens with zero attached hydrogens (tertiary/aromatic N) is 4. The van der Waals surface area contributed by atoms with Crippen molar-refractivity contribution in [3.8, 4) is 5.69 Å². The average molecular weight is 389 g/mol. The number of aryl methyl sites for hydroxylation is 1. The predicted molar refractivity (Wildman–Crippen MR) is 118 cm³/mol. The van der Waals surface area contributed by atoms with E-state index in [1.165, 1.54) is 0 Å². The first-order valence-corrected chi connectivity index (χ1v) is 9.76. The third-order valence-corrected chi connectivity index (χ3v) is 4.96. The van der Waals surface area contributed by atoms with Gasteiger partial charge >= 0.3 is 0 Å². The predicted octanol–water partition coefficient (Wildman–Crippen LogP) is 4.14. The third kappa shape index (κ3) is 4.81. The molecule has 0 spiro atoms. The Morgan fingerprint density at radius 1 is 1.07 bits per heavy atom. The summed E-state index contributed by atoms with van der Waals surface area (Å²) in [6, 6.07) is 19.8. The molecular weight excluding hydrogens is 360 g/mol. The lowest BCUT2D eigenvalue weighted by molar-refractivity contribution is -0.119. The Balaban J connectivity index is 1.73. The fourth-order valence-corrected chi connectivity index (χ4v) is 3.45. The number of hydrogen-bond acceptors (Lipinski definition) is 3. The van der Waals surface area contributed by atoms with Crippen molar-refractivity contribution in [2.24, 2.45) is 0 Å². The monoisotopic (exact) mass is 388 g/mol. The summed E-state index contributed by atoms with van der Waals surface area (Å²) >= 11 is 0. The van der Waals surface area contributed by atoms with Gasteiger partial charge in [-0.05, 0) is 45.2 Å².